The lowest BCUT2D eigenvalue weighted by Crippen LogP contribution is -1.95. The van der Waals surface area contributed by atoms with Crippen molar-refractivity contribution in [3.63, 3.8) is 0 Å². The number of rotatable bonds is 1. The third-order valence-corrected chi connectivity index (χ3v) is 4.32. The van der Waals surface area contributed by atoms with Crippen LogP contribution in [0.15, 0.2) is 59.3 Å². The van der Waals surface area contributed by atoms with Gasteiger partial charge in [-0.15, -0.1) is 0 Å². The summed E-state index contributed by atoms with van der Waals surface area (Å²) in [7, 11) is 0. The van der Waals surface area contributed by atoms with E-state index in [1.807, 2.05) is 30.5 Å². The summed E-state index contributed by atoms with van der Waals surface area (Å²) in [6.45, 7) is 0. The Bertz CT molecular complexity index is 1030. The van der Waals surface area contributed by atoms with Gasteiger partial charge in [-0.1, -0.05) is 28.1 Å². The Morgan fingerprint density at radius 3 is 2.95 bits per heavy atom. The number of halogens is 1. The number of pyridine rings is 1. The number of nitrogens with one attached hydrogen (secondary N) is 1. The summed E-state index contributed by atoms with van der Waals surface area (Å²) in [5, 5.41) is 2.23. The van der Waals surface area contributed by atoms with Gasteiger partial charge in [-0.2, -0.15) is 0 Å². The fourth-order valence-corrected chi connectivity index (χ4v) is 3.29. The van der Waals surface area contributed by atoms with Crippen molar-refractivity contribution in [2.75, 3.05) is 0 Å². The molecule has 0 spiro atoms. The van der Waals surface area contributed by atoms with Gasteiger partial charge in [0.05, 0.1) is 16.7 Å². The summed E-state index contributed by atoms with van der Waals surface area (Å²) < 4.78 is 3.78. The zero-order chi connectivity index (χ0) is 14.4. The molecule has 4 rings (SSSR count). The molecule has 2 heterocycles. The Hall–Kier alpha value is -1.98. The highest BCUT2D eigenvalue weighted by Crippen LogP contribution is 2.27. The predicted octanol–water partition coefficient (Wildman–Crippen LogP) is 5.00. The van der Waals surface area contributed by atoms with Gasteiger partial charge in [-0.3, -0.25) is 9.55 Å². The Morgan fingerprint density at radius 1 is 1.14 bits per heavy atom. The second-order valence-corrected chi connectivity index (χ2v) is 6.10. The first-order valence-corrected chi connectivity index (χ1v) is 7.67. The van der Waals surface area contributed by atoms with E-state index in [2.05, 4.69) is 48.7 Å². The van der Waals surface area contributed by atoms with Gasteiger partial charge < -0.3 is 4.98 Å². The van der Waals surface area contributed by atoms with Gasteiger partial charge >= 0.3 is 0 Å². The van der Waals surface area contributed by atoms with Crippen LogP contribution in [0.4, 0.5) is 0 Å². The lowest BCUT2D eigenvalue weighted by atomic mass is 10.1. The molecule has 4 aromatic rings. The van der Waals surface area contributed by atoms with E-state index in [1.165, 1.54) is 0 Å². The van der Waals surface area contributed by atoms with E-state index in [-0.39, 0.29) is 0 Å². The van der Waals surface area contributed by atoms with Crippen molar-refractivity contribution < 1.29 is 0 Å². The molecule has 5 heteroatoms. The third-order valence-electron chi connectivity index (χ3n) is 3.54. The molecule has 0 aliphatic rings. The van der Waals surface area contributed by atoms with Gasteiger partial charge in [0.2, 0.25) is 0 Å². The number of hydrogen-bond acceptors (Lipinski definition) is 2. The van der Waals surface area contributed by atoms with E-state index in [9.17, 15) is 0 Å². The maximum absolute atomic E-state index is 5.52. The highest BCUT2D eigenvalue weighted by molar-refractivity contribution is 9.10. The van der Waals surface area contributed by atoms with E-state index in [0.29, 0.717) is 4.77 Å². The minimum atomic E-state index is 0.687. The summed E-state index contributed by atoms with van der Waals surface area (Å²) in [5.41, 5.74) is 3.14. The maximum atomic E-state index is 5.52. The summed E-state index contributed by atoms with van der Waals surface area (Å²) in [4.78, 5) is 7.45. The highest BCUT2D eigenvalue weighted by atomic mass is 79.9. The molecule has 0 saturated carbocycles. The Labute approximate surface area is 134 Å². The minimum absolute atomic E-state index is 0.687. The van der Waals surface area contributed by atoms with Crippen molar-refractivity contribution in [3.05, 3.63) is 64.1 Å². The van der Waals surface area contributed by atoms with E-state index in [4.69, 9.17) is 12.2 Å². The molecule has 0 saturated heterocycles. The summed E-state index contributed by atoms with van der Waals surface area (Å²) in [5.74, 6) is 0. The van der Waals surface area contributed by atoms with Crippen LogP contribution in [0.3, 0.4) is 0 Å². The zero-order valence-electron chi connectivity index (χ0n) is 10.9. The van der Waals surface area contributed by atoms with Gasteiger partial charge in [0.1, 0.15) is 0 Å². The molecule has 0 aliphatic heterocycles. The number of hydrogen-bond donors (Lipinski definition) is 1. The van der Waals surface area contributed by atoms with Crippen LogP contribution in [0.5, 0.6) is 0 Å². The van der Waals surface area contributed by atoms with Crippen LogP contribution >= 0.6 is 28.1 Å². The van der Waals surface area contributed by atoms with Gasteiger partial charge in [0, 0.05) is 27.6 Å². The van der Waals surface area contributed by atoms with Crippen LogP contribution in [0.25, 0.3) is 27.5 Å². The summed E-state index contributed by atoms with van der Waals surface area (Å²) in [6, 6.07) is 14.3. The molecule has 2 aromatic heterocycles. The van der Waals surface area contributed by atoms with E-state index >= 15 is 0 Å². The molecular weight excluding hydrogens is 346 g/mol. The Balaban J connectivity index is 2.14. The van der Waals surface area contributed by atoms with Crippen molar-refractivity contribution in [1.82, 2.24) is 14.5 Å². The molecule has 0 aliphatic carbocycles. The molecule has 2 aromatic carbocycles. The molecule has 1 N–H and O–H groups in total. The molecule has 0 atom stereocenters. The molecule has 21 heavy (non-hydrogen) atoms. The fraction of sp³-hybridized carbons (Fsp3) is 0. The summed E-state index contributed by atoms with van der Waals surface area (Å²) >= 11 is 9.01. The van der Waals surface area contributed by atoms with Gasteiger partial charge in [-0.25, -0.2) is 0 Å². The average molecular weight is 356 g/mol. The van der Waals surface area contributed by atoms with Crippen molar-refractivity contribution in [2.45, 2.75) is 0 Å². The first-order chi connectivity index (χ1) is 10.2. The molecule has 0 unspecified atom stereocenters. The average Bonchev–Trinajstić information content (AvgIpc) is 2.81. The number of aromatic nitrogens is 3. The number of nitrogens with zero attached hydrogens (tertiary/aromatic N) is 2. The predicted molar refractivity (Wildman–Crippen MR) is 91.5 cm³/mol. The van der Waals surface area contributed by atoms with Gasteiger partial charge in [0.25, 0.3) is 0 Å². The molecule has 0 fully saturated rings. The second kappa shape index (κ2) is 4.79. The lowest BCUT2D eigenvalue weighted by molar-refractivity contribution is 1.08. The van der Waals surface area contributed by atoms with Crippen LogP contribution in [-0.4, -0.2) is 14.5 Å². The monoisotopic (exact) mass is 355 g/mol. The maximum Gasteiger partial charge on any atom is 0.182 e. The number of fused-ring (bicyclic) bond motifs is 2. The minimum Gasteiger partial charge on any atom is -0.330 e. The smallest absolute Gasteiger partial charge is 0.182 e. The topological polar surface area (TPSA) is 33.6 Å². The molecule has 0 bridgehead atoms. The van der Waals surface area contributed by atoms with Crippen molar-refractivity contribution in [3.8, 4) is 5.69 Å². The molecule has 0 radical (unpaired) electrons. The second-order valence-electron chi connectivity index (χ2n) is 4.80. The largest absolute Gasteiger partial charge is 0.330 e. The van der Waals surface area contributed by atoms with Crippen molar-refractivity contribution in [2.24, 2.45) is 0 Å². The SMILES string of the molecule is S=c1[nH]c2cc(Br)ccc2n1-c1cccc2cnccc12. The quantitative estimate of drug-likeness (QED) is 0.487. The molecule has 3 nitrogen and oxygen atoms in total. The number of imidazole rings is 1. The van der Waals surface area contributed by atoms with Crippen LogP contribution < -0.4 is 0 Å². The number of aromatic amines is 1. The van der Waals surface area contributed by atoms with E-state index in [0.717, 1.165) is 32.0 Å². The van der Waals surface area contributed by atoms with E-state index < -0.39 is 0 Å². The normalized spacial score (nSPS) is 11.3. The van der Waals surface area contributed by atoms with E-state index in [1.54, 1.807) is 6.20 Å². The van der Waals surface area contributed by atoms with Crippen LogP contribution in [-0.2, 0) is 0 Å². The standard InChI is InChI=1S/C16H10BrN3S/c17-11-4-5-15-13(8-11)19-16(21)20(15)14-3-1-2-10-9-18-7-6-12(10)14/h1-9H,(H,19,21). The molecular formula is C16H10BrN3S. The highest BCUT2D eigenvalue weighted by Gasteiger charge is 2.09. The van der Waals surface area contributed by atoms with Crippen LogP contribution in [0.2, 0.25) is 0 Å². The first kappa shape index (κ1) is 12.7. The fourth-order valence-electron chi connectivity index (χ4n) is 2.62. The number of H-pyrrole nitrogens is 1. The van der Waals surface area contributed by atoms with Crippen molar-refractivity contribution in [1.29, 1.82) is 0 Å². The lowest BCUT2D eigenvalue weighted by Gasteiger charge is -2.08. The zero-order valence-corrected chi connectivity index (χ0v) is 13.3. The van der Waals surface area contributed by atoms with Crippen molar-refractivity contribution >= 4 is 50.0 Å². The molecule has 102 valence electrons. The number of benzene rings is 2. The first-order valence-electron chi connectivity index (χ1n) is 6.47. The van der Waals surface area contributed by atoms with Gasteiger partial charge in [-0.05, 0) is 42.5 Å². The van der Waals surface area contributed by atoms with Gasteiger partial charge in [0.15, 0.2) is 4.77 Å². The third kappa shape index (κ3) is 2.01. The Kier molecular flexibility index (Phi) is 2.90. The van der Waals surface area contributed by atoms with Crippen LogP contribution in [0.1, 0.15) is 0 Å². The molecule has 0 amide bonds. The van der Waals surface area contributed by atoms with Crippen LogP contribution in [0, 0.1) is 4.77 Å². The summed E-state index contributed by atoms with van der Waals surface area (Å²) in [6.07, 6.45) is 3.68. The Morgan fingerprint density at radius 2 is 2.05 bits per heavy atom.